The highest BCUT2D eigenvalue weighted by Gasteiger charge is 2.31. The molecule has 26 heavy (non-hydrogen) atoms. The number of para-hydroxylation sites is 2. The molecule has 7 heteroatoms. The van der Waals surface area contributed by atoms with Gasteiger partial charge < -0.3 is 10.1 Å². The molecule has 0 aliphatic carbocycles. The predicted octanol–water partition coefficient (Wildman–Crippen LogP) is 2.43. The normalized spacial score (nSPS) is 12.2. The Labute approximate surface area is 154 Å². The Balaban J connectivity index is 2.01. The summed E-state index contributed by atoms with van der Waals surface area (Å²) in [7, 11) is -3.61. The molecule has 2 aromatic rings. The lowest BCUT2D eigenvalue weighted by atomic mass is 10.2. The number of carbonyl (C=O) groups excluding carboxylic acids is 1. The molecule has 6 nitrogen and oxygen atoms in total. The summed E-state index contributed by atoms with van der Waals surface area (Å²) in [5.74, 6) is 0.370. The van der Waals surface area contributed by atoms with Gasteiger partial charge in [0.25, 0.3) is 0 Å². The van der Waals surface area contributed by atoms with Gasteiger partial charge in [-0.25, -0.2) is 8.42 Å². The molecule has 0 aromatic heterocycles. The molecule has 0 saturated heterocycles. The van der Waals surface area contributed by atoms with E-state index < -0.39 is 16.1 Å². The second kappa shape index (κ2) is 9.24. The van der Waals surface area contributed by atoms with Gasteiger partial charge in [-0.05, 0) is 30.7 Å². The van der Waals surface area contributed by atoms with E-state index in [0.29, 0.717) is 18.7 Å². The van der Waals surface area contributed by atoms with Gasteiger partial charge in [-0.3, -0.25) is 9.10 Å². The van der Waals surface area contributed by atoms with Gasteiger partial charge in [0.1, 0.15) is 18.4 Å². The van der Waals surface area contributed by atoms with E-state index in [1.165, 1.54) is 4.31 Å². The van der Waals surface area contributed by atoms with Gasteiger partial charge in [0, 0.05) is 0 Å². The standard InChI is InChI=1S/C19H24N2O4S/c1-3-18(21(26(2,23)24)16-10-6-4-7-11-16)19(22)20-14-15-25-17-12-8-5-9-13-17/h4-13,18H,3,14-15H2,1-2H3,(H,20,22). The van der Waals surface area contributed by atoms with E-state index in [0.717, 1.165) is 12.0 Å². The van der Waals surface area contributed by atoms with Crippen LogP contribution in [0.2, 0.25) is 0 Å². The van der Waals surface area contributed by atoms with Crippen molar-refractivity contribution in [2.75, 3.05) is 23.7 Å². The molecule has 0 bridgehead atoms. The molecule has 1 atom stereocenters. The molecule has 2 rings (SSSR count). The Bertz CT molecular complexity index is 795. The fraction of sp³-hybridized carbons (Fsp3) is 0.316. The number of amides is 1. The van der Waals surface area contributed by atoms with Gasteiger partial charge in [0.05, 0.1) is 18.5 Å². The summed E-state index contributed by atoms with van der Waals surface area (Å²) in [6.45, 7) is 2.37. The summed E-state index contributed by atoms with van der Waals surface area (Å²) >= 11 is 0. The summed E-state index contributed by atoms with van der Waals surface area (Å²) < 4.78 is 31.2. The van der Waals surface area contributed by atoms with Crippen LogP contribution in [0.4, 0.5) is 5.69 Å². The first kappa shape index (κ1) is 19.8. The largest absolute Gasteiger partial charge is 0.492 e. The van der Waals surface area contributed by atoms with Crippen molar-refractivity contribution in [1.82, 2.24) is 5.32 Å². The van der Waals surface area contributed by atoms with Crippen molar-refractivity contribution in [3.8, 4) is 5.75 Å². The van der Waals surface area contributed by atoms with Gasteiger partial charge in [-0.1, -0.05) is 43.3 Å². The zero-order chi connectivity index (χ0) is 19.0. The molecule has 1 N–H and O–H groups in total. The molecule has 140 valence electrons. The Morgan fingerprint density at radius 2 is 1.65 bits per heavy atom. The minimum Gasteiger partial charge on any atom is -0.492 e. The Kier molecular flexibility index (Phi) is 7.03. The third-order valence-corrected chi connectivity index (χ3v) is 4.93. The van der Waals surface area contributed by atoms with Crippen LogP contribution >= 0.6 is 0 Å². The summed E-state index contributed by atoms with van der Waals surface area (Å²) in [5, 5.41) is 2.76. The molecular weight excluding hydrogens is 352 g/mol. The predicted molar refractivity (Wildman–Crippen MR) is 103 cm³/mol. The van der Waals surface area contributed by atoms with Crippen LogP contribution in [-0.2, 0) is 14.8 Å². The molecule has 0 radical (unpaired) electrons. The molecule has 0 saturated carbocycles. The quantitative estimate of drug-likeness (QED) is 0.682. The molecule has 0 aliphatic rings. The van der Waals surface area contributed by atoms with E-state index in [-0.39, 0.29) is 12.5 Å². The number of benzene rings is 2. The smallest absolute Gasteiger partial charge is 0.244 e. The fourth-order valence-electron chi connectivity index (χ4n) is 2.61. The van der Waals surface area contributed by atoms with E-state index in [9.17, 15) is 13.2 Å². The highest BCUT2D eigenvalue weighted by atomic mass is 32.2. The van der Waals surface area contributed by atoms with Crippen LogP contribution in [0.25, 0.3) is 0 Å². The van der Waals surface area contributed by atoms with Gasteiger partial charge in [-0.15, -0.1) is 0 Å². The molecular formula is C19H24N2O4S. The Morgan fingerprint density at radius 1 is 1.08 bits per heavy atom. The lowest BCUT2D eigenvalue weighted by molar-refractivity contribution is -0.122. The number of ether oxygens (including phenoxy) is 1. The highest BCUT2D eigenvalue weighted by Crippen LogP contribution is 2.21. The van der Waals surface area contributed by atoms with Crippen molar-refractivity contribution < 1.29 is 17.9 Å². The average molecular weight is 376 g/mol. The van der Waals surface area contributed by atoms with Crippen LogP contribution in [0, 0.1) is 0 Å². The minimum absolute atomic E-state index is 0.288. The van der Waals surface area contributed by atoms with Gasteiger partial charge in [-0.2, -0.15) is 0 Å². The number of carbonyl (C=O) groups is 1. The number of hydrogen-bond acceptors (Lipinski definition) is 4. The number of hydrogen-bond donors (Lipinski definition) is 1. The van der Waals surface area contributed by atoms with Crippen LogP contribution in [0.1, 0.15) is 13.3 Å². The Hall–Kier alpha value is -2.54. The van der Waals surface area contributed by atoms with Crippen LogP contribution in [0.5, 0.6) is 5.75 Å². The zero-order valence-corrected chi connectivity index (χ0v) is 15.8. The van der Waals surface area contributed by atoms with Crippen LogP contribution < -0.4 is 14.4 Å². The number of rotatable bonds is 9. The summed E-state index contributed by atoms with van der Waals surface area (Å²) in [6, 6.07) is 17.1. The van der Waals surface area contributed by atoms with Crippen LogP contribution in [-0.4, -0.2) is 39.8 Å². The van der Waals surface area contributed by atoms with Crippen molar-refractivity contribution in [3.05, 3.63) is 60.7 Å². The number of nitrogens with one attached hydrogen (secondary N) is 1. The first-order chi connectivity index (χ1) is 12.4. The van der Waals surface area contributed by atoms with Gasteiger partial charge in [0.15, 0.2) is 0 Å². The summed E-state index contributed by atoms with van der Waals surface area (Å²) in [4.78, 5) is 12.6. The maximum absolute atomic E-state index is 12.6. The third kappa shape index (κ3) is 5.49. The van der Waals surface area contributed by atoms with Crippen molar-refractivity contribution in [2.45, 2.75) is 19.4 Å². The molecule has 0 spiro atoms. The second-order valence-corrected chi connectivity index (χ2v) is 7.63. The molecule has 0 heterocycles. The van der Waals surface area contributed by atoms with Crippen LogP contribution in [0.3, 0.4) is 0 Å². The van der Waals surface area contributed by atoms with Crippen molar-refractivity contribution >= 4 is 21.6 Å². The lowest BCUT2D eigenvalue weighted by Gasteiger charge is -2.30. The van der Waals surface area contributed by atoms with E-state index in [2.05, 4.69) is 5.32 Å². The monoisotopic (exact) mass is 376 g/mol. The van der Waals surface area contributed by atoms with E-state index in [1.807, 2.05) is 30.3 Å². The molecule has 0 aliphatic heterocycles. The second-order valence-electron chi connectivity index (χ2n) is 5.77. The maximum atomic E-state index is 12.6. The summed E-state index contributed by atoms with van der Waals surface area (Å²) in [5.41, 5.74) is 0.470. The molecule has 1 amide bonds. The Morgan fingerprint density at radius 3 is 2.19 bits per heavy atom. The lowest BCUT2D eigenvalue weighted by Crippen LogP contribution is -2.49. The minimum atomic E-state index is -3.61. The first-order valence-corrected chi connectivity index (χ1v) is 10.3. The van der Waals surface area contributed by atoms with E-state index in [1.54, 1.807) is 37.3 Å². The van der Waals surface area contributed by atoms with Gasteiger partial charge in [0.2, 0.25) is 15.9 Å². The van der Waals surface area contributed by atoms with E-state index >= 15 is 0 Å². The SMILES string of the molecule is CCC(C(=O)NCCOc1ccccc1)N(c1ccccc1)S(C)(=O)=O. The van der Waals surface area contributed by atoms with Crippen molar-refractivity contribution in [1.29, 1.82) is 0 Å². The highest BCUT2D eigenvalue weighted by molar-refractivity contribution is 7.92. The fourth-order valence-corrected chi connectivity index (χ4v) is 3.82. The topological polar surface area (TPSA) is 75.7 Å². The number of anilines is 1. The van der Waals surface area contributed by atoms with Gasteiger partial charge >= 0.3 is 0 Å². The molecule has 1 unspecified atom stereocenters. The summed E-state index contributed by atoms with van der Waals surface area (Å²) in [6.07, 6.45) is 1.46. The maximum Gasteiger partial charge on any atom is 0.244 e. The first-order valence-electron chi connectivity index (χ1n) is 8.43. The molecule has 0 fully saturated rings. The zero-order valence-electron chi connectivity index (χ0n) is 15.0. The number of sulfonamides is 1. The average Bonchev–Trinajstić information content (AvgIpc) is 2.63. The third-order valence-electron chi connectivity index (χ3n) is 3.75. The number of nitrogens with zero attached hydrogens (tertiary/aromatic N) is 1. The van der Waals surface area contributed by atoms with Crippen LogP contribution in [0.15, 0.2) is 60.7 Å². The van der Waals surface area contributed by atoms with E-state index in [4.69, 9.17) is 4.74 Å². The van der Waals surface area contributed by atoms with Crippen molar-refractivity contribution in [2.24, 2.45) is 0 Å². The van der Waals surface area contributed by atoms with Crippen molar-refractivity contribution in [3.63, 3.8) is 0 Å². The molecule has 2 aromatic carbocycles.